The summed E-state index contributed by atoms with van der Waals surface area (Å²) in [5, 5.41) is 0. The highest BCUT2D eigenvalue weighted by molar-refractivity contribution is 6.06. The second-order valence-electron chi connectivity index (χ2n) is 4.94. The average molecular weight is 268 g/mol. The molecule has 0 aromatic heterocycles. The lowest BCUT2D eigenvalue weighted by Crippen LogP contribution is -2.26. The maximum atomic E-state index is 12.5. The van der Waals surface area contributed by atoms with E-state index >= 15 is 0 Å². The number of nitrogen functional groups attached to an aromatic ring is 1. The van der Waals surface area contributed by atoms with Crippen LogP contribution in [0.4, 0.5) is 11.4 Å². The van der Waals surface area contributed by atoms with Gasteiger partial charge in [0.1, 0.15) is 0 Å². The van der Waals surface area contributed by atoms with Crippen LogP contribution in [0.25, 0.3) is 0 Å². The van der Waals surface area contributed by atoms with E-state index in [2.05, 4.69) is 0 Å². The van der Waals surface area contributed by atoms with Crippen LogP contribution in [-0.4, -0.2) is 13.0 Å². The first kappa shape index (κ1) is 12.7. The fourth-order valence-electron chi connectivity index (χ4n) is 2.35. The second-order valence-corrected chi connectivity index (χ2v) is 4.94. The first-order chi connectivity index (χ1) is 9.65. The van der Waals surface area contributed by atoms with Crippen LogP contribution in [0.5, 0.6) is 0 Å². The molecular weight excluding hydrogens is 252 g/mol. The van der Waals surface area contributed by atoms with E-state index in [4.69, 9.17) is 10.5 Å². The maximum absolute atomic E-state index is 12.5. The summed E-state index contributed by atoms with van der Waals surface area (Å²) in [5.41, 5.74) is 10.1. The van der Waals surface area contributed by atoms with Crippen molar-refractivity contribution >= 4 is 17.3 Å². The minimum atomic E-state index is -0.0506. The van der Waals surface area contributed by atoms with E-state index < -0.39 is 0 Å². The quantitative estimate of drug-likeness (QED) is 0.852. The minimum Gasteiger partial charge on any atom is -0.399 e. The van der Waals surface area contributed by atoms with E-state index in [1.807, 2.05) is 30.3 Å². The van der Waals surface area contributed by atoms with E-state index in [1.165, 1.54) is 0 Å². The van der Waals surface area contributed by atoms with Gasteiger partial charge in [0.25, 0.3) is 5.91 Å². The first-order valence-corrected chi connectivity index (χ1v) is 6.48. The third kappa shape index (κ3) is 2.26. The zero-order chi connectivity index (χ0) is 14.1. The Morgan fingerprint density at radius 2 is 1.95 bits per heavy atom. The number of amides is 1. The van der Waals surface area contributed by atoms with E-state index in [9.17, 15) is 4.79 Å². The zero-order valence-corrected chi connectivity index (χ0v) is 11.3. The molecule has 0 unspecified atom stereocenters. The number of benzene rings is 2. The van der Waals surface area contributed by atoms with Crippen LogP contribution in [-0.2, 0) is 18.0 Å². The Morgan fingerprint density at radius 1 is 1.15 bits per heavy atom. The molecule has 0 aliphatic carbocycles. The van der Waals surface area contributed by atoms with Gasteiger partial charge in [0.05, 0.1) is 13.2 Å². The van der Waals surface area contributed by atoms with Crippen LogP contribution in [0.2, 0.25) is 0 Å². The van der Waals surface area contributed by atoms with Crippen molar-refractivity contribution in [3.05, 3.63) is 59.2 Å². The van der Waals surface area contributed by atoms with Gasteiger partial charge in [-0.25, -0.2) is 0 Å². The zero-order valence-electron chi connectivity index (χ0n) is 11.3. The molecule has 0 bridgehead atoms. The topological polar surface area (TPSA) is 55.6 Å². The Bertz CT molecular complexity index is 667. The standard InChI is InChI=1S/C16H16N2O2/c1-18(15-4-2-3-14(17)8-15)16(19)11-5-6-12-9-20-10-13(12)7-11/h2-8H,9-10,17H2,1H3. The van der Waals surface area contributed by atoms with Crippen LogP contribution in [0.15, 0.2) is 42.5 Å². The summed E-state index contributed by atoms with van der Waals surface area (Å²) in [4.78, 5) is 14.1. The average Bonchev–Trinajstić information content (AvgIpc) is 2.93. The summed E-state index contributed by atoms with van der Waals surface area (Å²) in [6, 6.07) is 13.0. The van der Waals surface area contributed by atoms with Gasteiger partial charge in [-0.15, -0.1) is 0 Å². The van der Waals surface area contributed by atoms with Crippen LogP contribution >= 0.6 is 0 Å². The summed E-state index contributed by atoms with van der Waals surface area (Å²) in [6.45, 7) is 1.22. The molecule has 1 aliphatic rings. The molecule has 1 amide bonds. The molecule has 4 nitrogen and oxygen atoms in total. The molecule has 2 aromatic rings. The van der Waals surface area contributed by atoms with E-state index in [1.54, 1.807) is 24.1 Å². The highest BCUT2D eigenvalue weighted by atomic mass is 16.5. The van der Waals surface area contributed by atoms with E-state index in [-0.39, 0.29) is 5.91 Å². The summed E-state index contributed by atoms with van der Waals surface area (Å²) < 4.78 is 5.37. The molecule has 0 spiro atoms. The molecule has 3 rings (SSSR count). The third-order valence-electron chi connectivity index (χ3n) is 3.53. The number of carbonyl (C=O) groups is 1. The largest absolute Gasteiger partial charge is 0.399 e. The predicted molar refractivity (Wildman–Crippen MR) is 78.5 cm³/mol. The molecule has 102 valence electrons. The highest BCUT2D eigenvalue weighted by Gasteiger charge is 2.17. The Balaban J connectivity index is 1.88. The fourth-order valence-corrected chi connectivity index (χ4v) is 2.35. The Hall–Kier alpha value is -2.33. The number of carbonyl (C=O) groups excluding carboxylic acids is 1. The molecule has 4 heteroatoms. The van der Waals surface area contributed by atoms with Gasteiger partial charge in [0.2, 0.25) is 0 Å². The Kier molecular flexibility index (Phi) is 3.16. The molecule has 0 saturated heterocycles. The minimum absolute atomic E-state index is 0.0506. The second kappa shape index (κ2) is 4.98. The van der Waals surface area contributed by atoms with E-state index in [0.717, 1.165) is 16.8 Å². The number of fused-ring (bicyclic) bond motifs is 1. The van der Waals surface area contributed by atoms with Crippen molar-refractivity contribution in [2.75, 3.05) is 17.7 Å². The molecule has 2 aromatic carbocycles. The molecule has 1 heterocycles. The van der Waals surface area contributed by atoms with Gasteiger partial charge in [-0.3, -0.25) is 4.79 Å². The highest BCUT2D eigenvalue weighted by Crippen LogP contribution is 2.23. The molecule has 0 radical (unpaired) electrons. The molecule has 0 saturated carbocycles. The molecule has 1 aliphatic heterocycles. The lowest BCUT2D eigenvalue weighted by Gasteiger charge is -2.18. The molecule has 0 atom stereocenters. The smallest absolute Gasteiger partial charge is 0.258 e. The molecule has 2 N–H and O–H groups in total. The Labute approximate surface area is 117 Å². The van der Waals surface area contributed by atoms with Crippen LogP contribution in [0.3, 0.4) is 0 Å². The van der Waals surface area contributed by atoms with Gasteiger partial charge in [-0.1, -0.05) is 12.1 Å². The van der Waals surface area contributed by atoms with Gasteiger partial charge in [0, 0.05) is 24.0 Å². The number of nitrogens with two attached hydrogens (primary N) is 1. The number of hydrogen-bond donors (Lipinski definition) is 1. The summed E-state index contributed by atoms with van der Waals surface area (Å²) in [7, 11) is 1.75. The van der Waals surface area contributed by atoms with Crippen LogP contribution in [0.1, 0.15) is 21.5 Å². The third-order valence-corrected chi connectivity index (χ3v) is 3.53. The van der Waals surface area contributed by atoms with Gasteiger partial charge >= 0.3 is 0 Å². The lowest BCUT2D eigenvalue weighted by molar-refractivity contribution is 0.0993. The van der Waals surface area contributed by atoms with Crippen LogP contribution in [0, 0.1) is 0 Å². The molecule has 0 fully saturated rings. The predicted octanol–water partition coefficient (Wildman–Crippen LogP) is 2.58. The molecule has 20 heavy (non-hydrogen) atoms. The lowest BCUT2D eigenvalue weighted by atomic mass is 10.1. The van der Waals surface area contributed by atoms with Crippen molar-refractivity contribution in [2.45, 2.75) is 13.2 Å². The van der Waals surface area contributed by atoms with Crippen molar-refractivity contribution in [1.82, 2.24) is 0 Å². The number of hydrogen-bond acceptors (Lipinski definition) is 3. The van der Waals surface area contributed by atoms with Crippen molar-refractivity contribution < 1.29 is 9.53 Å². The fraction of sp³-hybridized carbons (Fsp3) is 0.188. The van der Waals surface area contributed by atoms with Gasteiger partial charge in [0.15, 0.2) is 0 Å². The van der Waals surface area contributed by atoms with Crippen LogP contribution < -0.4 is 10.6 Å². The Morgan fingerprint density at radius 3 is 2.75 bits per heavy atom. The normalized spacial score (nSPS) is 13.1. The van der Waals surface area contributed by atoms with Crippen molar-refractivity contribution in [1.29, 1.82) is 0 Å². The SMILES string of the molecule is CN(C(=O)c1ccc2c(c1)COC2)c1cccc(N)c1. The van der Waals surface area contributed by atoms with Crippen molar-refractivity contribution in [2.24, 2.45) is 0 Å². The van der Waals surface area contributed by atoms with Gasteiger partial charge in [-0.2, -0.15) is 0 Å². The first-order valence-electron chi connectivity index (χ1n) is 6.48. The summed E-state index contributed by atoms with van der Waals surface area (Å²) in [6.07, 6.45) is 0. The molecular formula is C16H16N2O2. The maximum Gasteiger partial charge on any atom is 0.258 e. The monoisotopic (exact) mass is 268 g/mol. The van der Waals surface area contributed by atoms with Gasteiger partial charge < -0.3 is 15.4 Å². The summed E-state index contributed by atoms with van der Waals surface area (Å²) in [5.74, 6) is -0.0506. The van der Waals surface area contributed by atoms with E-state index in [0.29, 0.717) is 24.5 Å². The number of ether oxygens (including phenoxy) is 1. The van der Waals surface area contributed by atoms with Crippen molar-refractivity contribution in [3.63, 3.8) is 0 Å². The number of rotatable bonds is 2. The number of anilines is 2. The number of nitrogens with zero attached hydrogens (tertiary/aromatic N) is 1. The summed E-state index contributed by atoms with van der Waals surface area (Å²) >= 11 is 0. The van der Waals surface area contributed by atoms with Crippen molar-refractivity contribution in [3.8, 4) is 0 Å². The van der Waals surface area contributed by atoms with Gasteiger partial charge in [-0.05, 0) is 41.5 Å².